The zero-order valence-electron chi connectivity index (χ0n) is 17.2. The minimum atomic E-state index is -3.57. The minimum Gasteiger partial charge on any atom is -0.340 e. The standard InChI is InChI=1S/C20H33N3O3S/c1-16-6-8-18(9-7-16)21-27(25,26)14-17(2)19(24)23-12-10-22(11-13-23)15-20(3,4)5/h6-9,17,21H,10-15H2,1-5H3. The van der Waals surface area contributed by atoms with Crippen molar-refractivity contribution in [2.24, 2.45) is 11.3 Å². The normalized spacial score (nSPS) is 17.6. The predicted molar refractivity (Wildman–Crippen MR) is 110 cm³/mol. The van der Waals surface area contributed by atoms with Crippen molar-refractivity contribution in [1.82, 2.24) is 9.80 Å². The maximum absolute atomic E-state index is 12.7. The summed E-state index contributed by atoms with van der Waals surface area (Å²) in [7, 11) is -3.57. The maximum Gasteiger partial charge on any atom is 0.233 e. The van der Waals surface area contributed by atoms with Gasteiger partial charge in [0, 0.05) is 38.4 Å². The van der Waals surface area contributed by atoms with Crippen molar-refractivity contribution in [2.75, 3.05) is 43.2 Å². The van der Waals surface area contributed by atoms with E-state index in [1.165, 1.54) is 0 Å². The van der Waals surface area contributed by atoms with Gasteiger partial charge in [-0.2, -0.15) is 0 Å². The monoisotopic (exact) mass is 395 g/mol. The summed E-state index contributed by atoms with van der Waals surface area (Å²) in [6, 6.07) is 7.16. The molecule has 2 rings (SSSR count). The highest BCUT2D eigenvalue weighted by Crippen LogP contribution is 2.18. The van der Waals surface area contributed by atoms with Crippen LogP contribution < -0.4 is 4.72 Å². The highest BCUT2D eigenvalue weighted by atomic mass is 32.2. The Bertz CT molecular complexity index is 731. The van der Waals surface area contributed by atoms with Gasteiger partial charge in [0.25, 0.3) is 0 Å². The first kappa shape index (κ1) is 21.7. The first-order valence-corrected chi connectivity index (χ1v) is 11.2. The molecule has 1 heterocycles. The van der Waals surface area contributed by atoms with Crippen molar-refractivity contribution in [3.05, 3.63) is 29.8 Å². The Labute approximate surface area is 164 Å². The molecule has 0 spiro atoms. The molecule has 1 aromatic carbocycles. The van der Waals surface area contributed by atoms with E-state index in [0.717, 1.165) is 25.2 Å². The molecule has 0 saturated carbocycles. The second-order valence-electron chi connectivity index (χ2n) is 8.81. The molecule has 1 amide bonds. The molecular formula is C20H33N3O3S. The molecule has 1 N–H and O–H groups in total. The van der Waals surface area contributed by atoms with Crippen molar-refractivity contribution < 1.29 is 13.2 Å². The van der Waals surface area contributed by atoms with Crippen LogP contribution in [0, 0.1) is 18.3 Å². The summed E-state index contributed by atoms with van der Waals surface area (Å²) in [5.74, 6) is -0.858. The number of piperazine rings is 1. The maximum atomic E-state index is 12.7. The largest absolute Gasteiger partial charge is 0.340 e. The van der Waals surface area contributed by atoms with E-state index in [-0.39, 0.29) is 17.1 Å². The lowest BCUT2D eigenvalue weighted by Gasteiger charge is -2.38. The van der Waals surface area contributed by atoms with E-state index in [1.807, 2.05) is 19.1 Å². The molecular weight excluding hydrogens is 362 g/mol. The van der Waals surface area contributed by atoms with Crippen molar-refractivity contribution >= 4 is 21.6 Å². The van der Waals surface area contributed by atoms with Crippen LogP contribution in [0.4, 0.5) is 5.69 Å². The molecule has 7 heteroatoms. The number of benzene rings is 1. The van der Waals surface area contributed by atoms with Crippen molar-refractivity contribution in [3.63, 3.8) is 0 Å². The molecule has 1 aliphatic rings. The van der Waals surface area contributed by atoms with E-state index in [0.29, 0.717) is 18.8 Å². The number of amides is 1. The molecule has 152 valence electrons. The lowest BCUT2D eigenvalue weighted by atomic mass is 9.96. The Morgan fingerprint density at radius 2 is 1.67 bits per heavy atom. The molecule has 0 aromatic heterocycles. The van der Waals surface area contributed by atoms with Crippen LogP contribution in [0.3, 0.4) is 0 Å². The van der Waals surface area contributed by atoms with Crippen molar-refractivity contribution in [3.8, 4) is 0 Å². The van der Waals surface area contributed by atoms with Crippen LogP contribution in [0.2, 0.25) is 0 Å². The van der Waals surface area contributed by atoms with E-state index in [4.69, 9.17) is 0 Å². The quantitative estimate of drug-likeness (QED) is 0.804. The lowest BCUT2D eigenvalue weighted by molar-refractivity contribution is -0.136. The highest BCUT2D eigenvalue weighted by molar-refractivity contribution is 7.92. The first-order chi connectivity index (χ1) is 12.5. The Kier molecular flexibility index (Phi) is 6.92. The third-order valence-electron chi connectivity index (χ3n) is 4.60. The topological polar surface area (TPSA) is 69.7 Å². The van der Waals surface area contributed by atoms with Crippen LogP contribution in [0.15, 0.2) is 24.3 Å². The summed E-state index contributed by atoms with van der Waals surface area (Å²) in [6.45, 7) is 14.2. The van der Waals surface area contributed by atoms with Crippen LogP contribution in [0.1, 0.15) is 33.3 Å². The molecule has 1 fully saturated rings. The van der Waals surface area contributed by atoms with Gasteiger partial charge in [-0.05, 0) is 24.5 Å². The predicted octanol–water partition coefficient (Wildman–Crippen LogP) is 2.56. The van der Waals surface area contributed by atoms with Gasteiger partial charge in [0.1, 0.15) is 0 Å². The Balaban J connectivity index is 1.87. The van der Waals surface area contributed by atoms with Gasteiger partial charge >= 0.3 is 0 Å². The molecule has 1 unspecified atom stereocenters. The van der Waals surface area contributed by atoms with Gasteiger partial charge < -0.3 is 4.90 Å². The van der Waals surface area contributed by atoms with E-state index < -0.39 is 15.9 Å². The second kappa shape index (κ2) is 8.61. The number of hydrogen-bond donors (Lipinski definition) is 1. The molecule has 27 heavy (non-hydrogen) atoms. The Morgan fingerprint density at radius 1 is 1.11 bits per heavy atom. The lowest BCUT2D eigenvalue weighted by Crippen LogP contribution is -2.52. The van der Waals surface area contributed by atoms with E-state index in [1.54, 1.807) is 24.0 Å². The molecule has 1 atom stereocenters. The summed E-state index contributed by atoms with van der Waals surface area (Å²) in [6.07, 6.45) is 0. The molecule has 0 radical (unpaired) electrons. The van der Waals surface area contributed by atoms with Crippen LogP contribution >= 0.6 is 0 Å². The molecule has 1 saturated heterocycles. The summed E-state index contributed by atoms with van der Waals surface area (Å²) in [4.78, 5) is 16.8. The molecule has 0 aliphatic carbocycles. The second-order valence-corrected chi connectivity index (χ2v) is 10.6. The van der Waals surface area contributed by atoms with Crippen molar-refractivity contribution in [2.45, 2.75) is 34.6 Å². The average Bonchev–Trinajstić information content (AvgIpc) is 2.55. The van der Waals surface area contributed by atoms with Gasteiger partial charge in [-0.1, -0.05) is 45.4 Å². The third-order valence-corrected chi connectivity index (χ3v) is 6.08. The molecule has 1 aromatic rings. The van der Waals surface area contributed by atoms with Gasteiger partial charge in [0.05, 0.1) is 11.7 Å². The Hall–Kier alpha value is -1.60. The minimum absolute atomic E-state index is 0.0836. The molecule has 6 nitrogen and oxygen atoms in total. The van der Waals surface area contributed by atoms with Gasteiger partial charge in [-0.3, -0.25) is 14.4 Å². The summed E-state index contributed by atoms with van der Waals surface area (Å²) in [5.41, 5.74) is 1.82. The fraction of sp³-hybridized carbons (Fsp3) is 0.650. The number of aryl methyl sites for hydroxylation is 1. The molecule has 1 aliphatic heterocycles. The number of sulfonamides is 1. The molecule has 0 bridgehead atoms. The van der Waals surface area contributed by atoms with Crippen LogP contribution in [-0.2, 0) is 14.8 Å². The van der Waals surface area contributed by atoms with Crippen LogP contribution in [-0.4, -0.2) is 62.6 Å². The fourth-order valence-corrected chi connectivity index (χ4v) is 4.73. The zero-order valence-corrected chi connectivity index (χ0v) is 18.0. The van der Waals surface area contributed by atoms with Gasteiger partial charge in [-0.15, -0.1) is 0 Å². The van der Waals surface area contributed by atoms with Crippen molar-refractivity contribution in [1.29, 1.82) is 0 Å². The fourth-order valence-electron chi connectivity index (χ4n) is 3.35. The summed E-state index contributed by atoms with van der Waals surface area (Å²) >= 11 is 0. The number of nitrogens with one attached hydrogen (secondary N) is 1. The van der Waals surface area contributed by atoms with Crippen LogP contribution in [0.5, 0.6) is 0 Å². The third kappa shape index (κ3) is 7.14. The average molecular weight is 396 g/mol. The Morgan fingerprint density at radius 3 is 2.19 bits per heavy atom. The number of nitrogens with zero attached hydrogens (tertiary/aromatic N) is 2. The number of carbonyl (C=O) groups excluding carboxylic acids is 1. The number of rotatable bonds is 6. The number of anilines is 1. The van der Waals surface area contributed by atoms with E-state index in [2.05, 4.69) is 30.4 Å². The summed E-state index contributed by atoms with van der Waals surface area (Å²) < 4.78 is 27.4. The smallest absolute Gasteiger partial charge is 0.233 e. The number of carbonyl (C=O) groups is 1. The van der Waals surface area contributed by atoms with Crippen LogP contribution in [0.25, 0.3) is 0 Å². The van der Waals surface area contributed by atoms with Gasteiger partial charge in [-0.25, -0.2) is 8.42 Å². The SMILES string of the molecule is Cc1ccc(NS(=O)(=O)CC(C)C(=O)N2CCN(CC(C)(C)C)CC2)cc1. The van der Waals surface area contributed by atoms with Gasteiger partial charge in [0.15, 0.2) is 0 Å². The van der Waals surface area contributed by atoms with Gasteiger partial charge in [0.2, 0.25) is 15.9 Å². The van der Waals surface area contributed by atoms with E-state index >= 15 is 0 Å². The highest BCUT2D eigenvalue weighted by Gasteiger charge is 2.29. The first-order valence-electron chi connectivity index (χ1n) is 9.53. The zero-order chi connectivity index (χ0) is 20.2. The summed E-state index contributed by atoms with van der Waals surface area (Å²) in [5, 5.41) is 0. The van der Waals surface area contributed by atoms with E-state index in [9.17, 15) is 13.2 Å². The number of hydrogen-bond acceptors (Lipinski definition) is 4.